The molecule has 4 aromatic rings. The monoisotopic (exact) mass is 461 g/mol. The first-order valence-electron chi connectivity index (χ1n) is 10.1. The number of rotatable bonds is 8. The van der Waals surface area contributed by atoms with Crippen molar-refractivity contribution in [2.24, 2.45) is 0 Å². The number of methoxy groups -OCH3 is 1. The molecule has 3 aromatic carbocycles. The third-order valence-corrected chi connectivity index (χ3v) is 6.06. The molecule has 0 saturated carbocycles. The molecule has 0 unspecified atom stereocenters. The predicted octanol–water partition coefficient (Wildman–Crippen LogP) is 5.08. The quantitative estimate of drug-likeness (QED) is 0.336. The highest BCUT2D eigenvalue weighted by Gasteiger charge is 2.13. The van der Waals surface area contributed by atoms with E-state index in [2.05, 4.69) is 25.3 Å². The summed E-state index contributed by atoms with van der Waals surface area (Å²) in [5, 5.41) is 6.40. The van der Waals surface area contributed by atoms with Gasteiger partial charge in [0.05, 0.1) is 12.0 Å². The molecule has 0 aliphatic heterocycles. The molecule has 0 aliphatic rings. The zero-order chi connectivity index (χ0) is 23.3. The lowest BCUT2D eigenvalue weighted by Crippen LogP contribution is -2.12. The number of hydrogen-bond donors (Lipinski definition) is 3. The molecule has 0 atom stereocenters. The van der Waals surface area contributed by atoms with Crippen molar-refractivity contribution in [1.29, 1.82) is 0 Å². The van der Waals surface area contributed by atoms with Crippen molar-refractivity contribution in [2.75, 3.05) is 22.5 Å². The van der Waals surface area contributed by atoms with E-state index in [-0.39, 0.29) is 4.90 Å². The molecule has 0 bridgehead atoms. The van der Waals surface area contributed by atoms with E-state index in [1.54, 1.807) is 61.7 Å². The number of aryl methyl sites for hydroxylation is 1. The predicted molar refractivity (Wildman–Crippen MR) is 130 cm³/mol. The molecule has 8 nitrogen and oxygen atoms in total. The summed E-state index contributed by atoms with van der Waals surface area (Å²) < 4.78 is 32.7. The van der Waals surface area contributed by atoms with Crippen molar-refractivity contribution in [1.82, 2.24) is 9.97 Å². The Bertz CT molecular complexity index is 1330. The van der Waals surface area contributed by atoms with Gasteiger partial charge in [0, 0.05) is 28.8 Å². The Morgan fingerprint density at radius 1 is 0.758 bits per heavy atom. The van der Waals surface area contributed by atoms with E-state index < -0.39 is 10.0 Å². The van der Waals surface area contributed by atoms with Crippen LogP contribution in [0.4, 0.5) is 28.8 Å². The molecular formula is C24H23N5O3S. The van der Waals surface area contributed by atoms with Crippen molar-refractivity contribution in [3.8, 4) is 5.75 Å². The fourth-order valence-electron chi connectivity index (χ4n) is 3.08. The van der Waals surface area contributed by atoms with Crippen LogP contribution in [0.5, 0.6) is 5.75 Å². The molecule has 1 heterocycles. The van der Waals surface area contributed by atoms with Crippen LogP contribution in [0, 0.1) is 6.92 Å². The fraction of sp³-hybridized carbons (Fsp3) is 0.0833. The fourth-order valence-corrected chi connectivity index (χ4v) is 4.15. The minimum Gasteiger partial charge on any atom is -0.497 e. The summed E-state index contributed by atoms with van der Waals surface area (Å²) in [4.78, 5) is 9.14. The zero-order valence-corrected chi connectivity index (χ0v) is 18.9. The van der Waals surface area contributed by atoms with E-state index in [9.17, 15) is 8.42 Å². The van der Waals surface area contributed by atoms with Gasteiger partial charge in [0.1, 0.15) is 11.6 Å². The highest BCUT2D eigenvalue weighted by molar-refractivity contribution is 7.92. The van der Waals surface area contributed by atoms with Gasteiger partial charge in [-0.25, -0.2) is 13.4 Å². The highest BCUT2D eigenvalue weighted by atomic mass is 32.2. The lowest BCUT2D eigenvalue weighted by atomic mass is 10.3. The number of anilines is 5. The number of aromatic nitrogens is 2. The molecule has 1 aromatic heterocycles. The van der Waals surface area contributed by atoms with E-state index in [0.29, 0.717) is 17.5 Å². The Balaban J connectivity index is 1.45. The minimum atomic E-state index is -3.64. The first kappa shape index (κ1) is 22.1. The summed E-state index contributed by atoms with van der Waals surface area (Å²) >= 11 is 0. The van der Waals surface area contributed by atoms with Crippen LogP contribution in [-0.2, 0) is 10.0 Å². The Labute approximate surface area is 192 Å². The molecule has 9 heteroatoms. The van der Waals surface area contributed by atoms with Crippen LogP contribution in [0.25, 0.3) is 0 Å². The van der Waals surface area contributed by atoms with Gasteiger partial charge in [-0.3, -0.25) is 4.72 Å². The molecule has 0 radical (unpaired) electrons. The van der Waals surface area contributed by atoms with Gasteiger partial charge < -0.3 is 15.4 Å². The van der Waals surface area contributed by atoms with Crippen molar-refractivity contribution in [2.45, 2.75) is 11.8 Å². The van der Waals surface area contributed by atoms with Crippen LogP contribution in [0.3, 0.4) is 0 Å². The number of sulfonamides is 1. The maximum absolute atomic E-state index is 12.5. The second-order valence-corrected chi connectivity index (χ2v) is 8.87. The Morgan fingerprint density at radius 3 is 2.03 bits per heavy atom. The molecule has 0 fully saturated rings. The van der Waals surface area contributed by atoms with Gasteiger partial charge in [-0.05, 0) is 67.6 Å². The van der Waals surface area contributed by atoms with Gasteiger partial charge in [-0.2, -0.15) is 4.98 Å². The van der Waals surface area contributed by atoms with Gasteiger partial charge in [-0.1, -0.05) is 18.2 Å². The molecule has 3 N–H and O–H groups in total. The maximum Gasteiger partial charge on any atom is 0.261 e. The summed E-state index contributed by atoms with van der Waals surface area (Å²) in [6.07, 6.45) is 0. The van der Waals surface area contributed by atoms with Crippen molar-refractivity contribution < 1.29 is 13.2 Å². The molecule has 0 amide bonds. The lowest BCUT2D eigenvalue weighted by Gasteiger charge is -2.11. The molecule has 0 saturated heterocycles. The smallest absolute Gasteiger partial charge is 0.261 e. The van der Waals surface area contributed by atoms with Gasteiger partial charge in [-0.15, -0.1) is 0 Å². The van der Waals surface area contributed by atoms with E-state index in [1.807, 2.05) is 37.3 Å². The summed E-state index contributed by atoms with van der Waals surface area (Å²) in [5.74, 6) is 1.84. The topological polar surface area (TPSA) is 105 Å². The number of ether oxygens (including phenoxy) is 1. The largest absolute Gasteiger partial charge is 0.497 e. The third-order valence-electron chi connectivity index (χ3n) is 4.66. The molecule has 4 rings (SSSR count). The Hall–Kier alpha value is -4.11. The van der Waals surface area contributed by atoms with E-state index in [1.165, 1.54) is 0 Å². The number of nitrogens with one attached hydrogen (secondary N) is 3. The van der Waals surface area contributed by atoms with E-state index in [0.717, 1.165) is 22.8 Å². The van der Waals surface area contributed by atoms with Crippen molar-refractivity contribution in [3.63, 3.8) is 0 Å². The van der Waals surface area contributed by atoms with Gasteiger partial charge in [0.15, 0.2) is 0 Å². The van der Waals surface area contributed by atoms with Crippen LogP contribution < -0.4 is 20.1 Å². The van der Waals surface area contributed by atoms with Crippen molar-refractivity contribution >= 4 is 38.9 Å². The van der Waals surface area contributed by atoms with E-state index >= 15 is 0 Å². The zero-order valence-electron chi connectivity index (χ0n) is 18.1. The minimum absolute atomic E-state index is 0.206. The summed E-state index contributed by atoms with van der Waals surface area (Å²) in [6, 6.07) is 24.5. The third kappa shape index (κ3) is 5.78. The van der Waals surface area contributed by atoms with Crippen LogP contribution in [-0.4, -0.2) is 25.5 Å². The average Bonchev–Trinajstić information content (AvgIpc) is 2.81. The standard InChI is InChI=1S/C24H23N5O3S/c1-17-16-23(26-18-12-14-21(32-2)15-13-18)28-24(25-17)27-19-8-10-20(11-9-19)29-33(30,31)22-6-4-3-5-7-22/h3-16,29H,1-2H3,(H2,25,26,27,28). The van der Waals surface area contributed by atoms with Gasteiger partial charge in [0.2, 0.25) is 5.95 Å². The number of benzene rings is 3. The SMILES string of the molecule is COc1ccc(Nc2cc(C)nc(Nc3ccc(NS(=O)(=O)c4ccccc4)cc3)n2)cc1. The van der Waals surface area contributed by atoms with Crippen LogP contribution >= 0.6 is 0 Å². The van der Waals surface area contributed by atoms with Crippen LogP contribution in [0.1, 0.15) is 5.69 Å². The Kier molecular flexibility index (Phi) is 6.41. The molecule has 0 aliphatic carbocycles. The summed E-state index contributed by atoms with van der Waals surface area (Å²) in [7, 11) is -2.02. The second kappa shape index (κ2) is 9.58. The first-order chi connectivity index (χ1) is 15.9. The molecular weight excluding hydrogens is 438 g/mol. The second-order valence-electron chi connectivity index (χ2n) is 7.19. The first-order valence-corrected chi connectivity index (χ1v) is 11.6. The lowest BCUT2D eigenvalue weighted by molar-refractivity contribution is 0.415. The Morgan fingerprint density at radius 2 is 1.36 bits per heavy atom. The van der Waals surface area contributed by atoms with Crippen LogP contribution in [0.2, 0.25) is 0 Å². The number of hydrogen-bond acceptors (Lipinski definition) is 7. The van der Waals surface area contributed by atoms with Crippen LogP contribution in [0.15, 0.2) is 89.8 Å². The molecule has 0 spiro atoms. The summed E-state index contributed by atoms with van der Waals surface area (Å²) in [5.41, 5.74) is 2.83. The van der Waals surface area contributed by atoms with Gasteiger partial charge >= 0.3 is 0 Å². The normalized spacial score (nSPS) is 11.0. The highest BCUT2D eigenvalue weighted by Crippen LogP contribution is 2.23. The molecule has 33 heavy (non-hydrogen) atoms. The average molecular weight is 462 g/mol. The summed E-state index contributed by atoms with van der Waals surface area (Å²) in [6.45, 7) is 1.88. The van der Waals surface area contributed by atoms with Gasteiger partial charge in [0.25, 0.3) is 10.0 Å². The number of nitrogens with zero attached hydrogens (tertiary/aromatic N) is 2. The van der Waals surface area contributed by atoms with E-state index in [4.69, 9.17) is 4.74 Å². The molecule has 168 valence electrons. The van der Waals surface area contributed by atoms with Crippen molar-refractivity contribution in [3.05, 3.63) is 90.6 Å². The maximum atomic E-state index is 12.5.